The molecule has 1 aromatic rings. The molecule has 0 spiro atoms. The van der Waals surface area contributed by atoms with E-state index in [2.05, 4.69) is 6.92 Å². The zero-order valence-corrected chi connectivity index (χ0v) is 14.9. The fraction of sp³-hybridized carbons (Fsp3) is 0.667. The van der Waals surface area contributed by atoms with Gasteiger partial charge in [0.25, 0.3) is 0 Å². The molecule has 0 radical (unpaired) electrons. The first-order valence-corrected chi connectivity index (χ1v) is 10.1. The maximum Gasteiger partial charge on any atom is 0.136 e. The molecule has 0 fully saturated rings. The predicted octanol–water partition coefficient (Wildman–Crippen LogP) is 4.89. The molecule has 0 aromatic heterocycles. The van der Waals surface area contributed by atoms with Gasteiger partial charge in [-0.05, 0) is 18.6 Å². The van der Waals surface area contributed by atoms with Gasteiger partial charge < -0.3 is 9.29 Å². The molecule has 0 N–H and O–H groups in total. The lowest BCUT2D eigenvalue weighted by Gasteiger charge is -2.13. The van der Waals surface area contributed by atoms with Crippen molar-refractivity contribution in [3.05, 3.63) is 24.3 Å². The number of unbranched alkanes of at least 4 members (excludes halogenated alkanes) is 9. The summed E-state index contributed by atoms with van der Waals surface area (Å²) in [6, 6.07) is 6.01. The molecule has 0 amide bonds. The van der Waals surface area contributed by atoms with Crippen LogP contribution < -0.4 is 4.74 Å². The monoisotopic (exact) mass is 341 g/mol. The van der Waals surface area contributed by atoms with Crippen LogP contribution in [0.5, 0.6) is 5.75 Å². The van der Waals surface area contributed by atoms with Gasteiger partial charge in [0.1, 0.15) is 15.9 Å². The van der Waals surface area contributed by atoms with Crippen molar-refractivity contribution in [1.82, 2.24) is 0 Å². The molecular formula is C18H29O4S-. The van der Waals surface area contributed by atoms with Crippen LogP contribution in [0.15, 0.2) is 29.2 Å². The van der Waals surface area contributed by atoms with Crippen LogP contribution in [0.1, 0.15) is 71.1 Å². The largest absolute Gasteiger partial charge is 0.744 e. The summed E-state index contributed by atoms with van der Waals surface area (Å²) in [6.07, 6.45) is 12.3. The van der Waals surface area contributed by atoms with Crippen LogP contribution in [0.2, 0.25) is 0 Å². The van der Waals surface area contributed by atoms with Gasteiger partial charge in [-0.25, -0.2) is 8.42 Å². The van der Waals surface area contributed by atoms with Crippen LogP contribution in [0.4, 0.5) is 0 Å². The second-order valence-electron chi connectivity index (χ2n) is 5.93. The van der Waals surface area contributed by atoms with Gasteiger partial charge in [0.2, 0.25) is 0 Å². The van der Waals surface area contributed by atoms with Gasteiger partial charge in [-0.1, -0.05) is 76.8 Å². The third-order valence-electron chi connectivity index (χ3n) is 3.87. The molecule has 0 aliphatic carbocycles. The van der Waals surface area contributed by atoms with E-state index in [9.17, 15) is 13.0 Å². The van der Waals surface area contributed by atoms with Crippen LogP contribution in [-0.4, -0.2) is 19.6 Å². The van der Waals surface area contributed by atoms with Gasteiger partial charge in [-0.3, -0.25) is 0 Å². The highest BCUT2D eigenvalue weighted by Gasteiger charge is 2.08. The van der Waals surface area contributed by atoms with E-state index in [0.29, 0.717) is 6.61 Å². The number of hydrogen-bond donors (Lipinski definition) is 0. The Morgan fingerprint density at radius 3 is 1.96 bits per heavy atom. The van der Waals surface area contributed by atoms with Crippen LogP contribution >= 0.6 is 0 Å². The molecular weight excluding hydrogens is 312 g/mol. The number of para-hydroxylation sites is 1. The molecule has 0 heterocycles. The van der Waals surface area contributed by atoms with Gasteiger partial charge in [0, 0.05) is 0 Å². The molecule has 4 nitrogen and oxygen atoms in total. The second-order valence-corrected chi connectivity index (χ2v) is 7.28. The number of benzene rings is 1. The smallest absolute Gasteiger partial charge is 0.136 e. The Bertz CT molecular complexity index is 526. The highest BCUT2D eigenvalue weighted by molar-refractivity contribution is 7.85. The second kappa shape index (κ2) is 11.5. The van der Waals surface area contributed by atoms with Crippen molar-refractivity contribution < 1.29 is 17.7 Å². The summed E-state index contributed by atoms with van der Waals surface area (Å²) >= 11 is 0. The van der Waals surface area contributed by atoms with E-state index in [1.165, 1.54) is 69.6 Å². The molecule has 0 bridgehead atoms. The minimum Gasteiger partial charge on any atom is -0.744 e. The van der Waals surface area contributed by atoms with E-state index in [0.717, 1.165) is 12.8 Å². The third kappa shape index (κ3) is 8.96. The molecule has 1 aromatic carbocycles. The Hall–Kier alpha value is -1.07. The lowest BCUT2D eigenvalue weighted by atomic mass is 10.1. The lowest BCUT2D eigenvalue weighted by molar-refractivity contribution is 0.295. The molecule has 0 saturated carbocycles. The minimum atomic E-state index is -4.47. The Morgan fingerprint density at radius 2 is 1.39 bits per heavy atom. The normalized spacial score (nSPS) is 11.6. The average Bonchev–Trinajstić information content (AvgIpc) is 2.52. The van der Waals surface area contributed by atoms with E-state index in [4.69, 9.17) is 4.74 Å². The summed E-state index contributed by atoms with van der Waals surface area (Å²) < 4.78 is 38.8. The summed E-state index contributed by atoms with van der Waals surface area (Å²) in [5.74, 6) is 0.165. The van der Waals surface area contributed by atoms with E-state index >= 15 is 0 Å². The molecule has 0 aliphatic heterocycles. The van der Waals surface area contributed by atoms with Gasteiger partial charge >= 0.3 is 0 Å². The lowest BCUT2D eigenvalue weighted by Crippen LogP contribution is -2.05. The van der Waals surface area contributed by atoms with Crippen LogP contribution in [-0.2, 0) is 10.1 Å². The molecule has 5 heteroatoms. The van der Waals surface area contributed by atoms with Gasteiger partial charge in [0.05, 0.1) is 11.5 Å². The molecule has 0 atom stereocenters. The summed E-state index contributed by atoms with van der Waals surface area (Å²) in [4.78, 5) is -0.271. The van der Waals surface area contributed by atoms with Crippen molar-refractivity contribution in [3.63, 3.8) is 0 Å². The highest BCUT2D eigenvalue weighted by Crippen LogP contribution is 2.23. The van der Waals surface area contributed by atoms with E-state index in [1.54, 1.807) is 6.07 Å². The van der Waals surface area contributed by atoms with Crippen LogP contribution in [0, 0.1) is 0 Å². The van der Waals surface area contributed by atoms with Gasteiger partial charge in [0.15, 0.2) is 0 Å². The van der Waals surface area contributed by atoms with Gasteiger partial charge in [-0.2, -0.15) is 0 Å². The van der Waals surface area contributed by atoms with Crippen molar-refractivity contribution in [3.8, 4) is 5.75 Å². The molecule has 0 saturated heterocycles. The van der Waals surface area contributed by atoms with Crippen molar-refractivity contribution in [2.45, 2.75) is 76.0 Å². The fourth-order valence-corrected chi connectivity index (χ4v) is 3.17. The molecule has 132 valence electrons. The molecule has 23 heavy (non-hydrogen) atoms. The average molecular weight is 341 g/mol. The standard InChI is InChI=1S/C18H30O4S/c1-2-3-4-5-6-7-8-9-10-13-16-22-17-14-11-12-15-18(17)23(19,20)21/h11-12,14-15H,2-10,13,16H2,1H3,(H,19,20,21)/p-1. The summed E-state index contributed by atoms with van der Waals surface area (Å²) in [7, 11) is -4.47. The van der Waals surface area contributed by atoms with Crippen molar-refractivity contribution in [1.29, 1.82) is 0 Å². The fourth-order valence-electron chi connectivity index (χ4n) is 2.55. The van der Waals surface area contributed by atoms with Crippen molar-refractivity contribution in [2.24, 2.45) is 0 Å². The van der Waals surface area contributed by atoms with E-state index in [-0.39, 0.29) is 10.6 Å². The van der Waals surface area contributed by atoms with E-state index in [1.807, 2.05) is 0 Å². The first-order valence-electron chi connectivity index (χ1n) is 8.73. The minimum absolute atomic E-state index is 0.165. The maximum atomic E-state index is 11.1. The Morgan fingerprint density at radius 1 is 0.870 bits per heavy atom. The molecule has 0 unspecified atom stereocenters. The number of ether oxygens (including phenoxy) is 1. The van der Waals surface area contributed by atoms with Crippen molar-refractivity contribution in [2.75, 3.05) is 6.61 Å². The van der Waals surface area contributed by atoms with Gasteiger partial charge in [-0.15, -0.1) is 0 Å². The zero-order chi connectivity index (χ0) is 17.0. The SMILES string of the molecule is CCCCCCCCCCCCOc1ccccc1S(=O)(=O)[O-]. The third-order valence-corrected chi connectivity index (χ3v) is 4.75. The highest BCUT2D eigenvalue weighted by atomic mass is 32.2. The number of hydrogen-bond acceptors (Lipinski definition) is 4. The Balaban J connectivity index is 2.10. The Labute approximate surface area is 141 Å². The summed E-state index contributed by atoms with van der Waals surface area (Å²) in [5.41, 5.74) is 0. The zero-order valence-electron chi connectivity index (χ0n) is 14.1. The Kier molecular flexibility index (Phi) is 9.96. The van der Waals surface area contributed by atoms with E-state index < -0.39 is 10.1 Å². The maximum absolute atomic E-state index is 11.1. The van der Waals surface area contributed by atoms with Crippen molar-refractivity contribution >= 4 is 10.1 Å². The quantitative estimate of drug-likeness (QED) is 0.378. The van der Waals surface area contributed by atoms with Crippen LogP contribution in [0.25, 0.3) is 0 Å². The first-order chi connectivity index (χ1) is 11.1. The van der Waals surface area contributed by atoms with Crippen LogP contribution in [0.3, 0.4) is 0 Å². The molecule has 0 aliphatic rings. The predicted molar refractivity (Wildman–Crippen MR) is 91.7 cm³/mol. The number of rotatable bonds is 13. The molecule has 1 rings (SSSR count). The first kappa shape index (κ1) is 20.0. The summed E-state index contributed by atoms with van der Waals surface area (Å²) in [6.45, 7) is 2.68. The summed E-state index contributed by atoms with van der Waals surface area (Å²) in [5, 5.41) is 0. The topological polar surface area (TPSA) is 66.4 Å².